The lowest BCUT2D eigenvalue weighted by atomic mass is 10.2. The maximum absolute atomic E-state index is 4.94. The summed E-state index contributed by atoms with van der Waals surface area (Å²) in [6.07, 6.45) is 1.92. The number of hydrogen-bond acceptors (Lipinski definition) is 2. The average molecular weight is 204 g/mol. The van der Waals surface area contributed by atoms with Gasteiger partial charge in [-0.15, -0.1) is 0 Å². The van der Waals surface area contributed by atoms with Crippen molar-refractivity contribution in [2.75, 3.05) is 0 Å². The van der Waals surface area contributed by atoms with Crippen LogP contribution in [0.1, 0.15) is 25.1 Å². The highest BCUT2D eigenvalue weighted by Crippen LogP contribution is 2.20. The molecule has 1 rings (SSSR count). The standard InChI is InChI=1S/C7H10BrNO/c1-3-5-6(4-2)9-10-7(5)8/h3-4H2,1-2H3. The quantitative estimate of drug-likeness (QED) is 0.739. The van der Waals surface area contributed by atoms with Crippen LogP contribution in [0.15, 0.2) is 9.19 Å². The molecule has 0 bridgehead atoms. The lowest BCUT2D eigenvalue weighted by Gasteiger charge is -1.90. The molecule has 0 aromatic carbocycles. The first-order valence-corrected chi connectivity index (χ1v) is 4.21. The van der Waals surface area contributed by atoms with Crippen molar-refractivity contribution < 1.29 is 4.52 Å². The van der Waals surface area contributed by atoms with Gasteiger partial charge in [-0.2, -0.15) is 0 Å². The lowest BCUT2D eigenvalue weighted by molar-refractivity contribution is 0.393. The Bertz CT molecular complexity index is 219. The topological polar surface area (TPSA) is 26.0 Å². The van der Waals surface area contributed by atoms with Crippen molar-refractivity contribution in [3.8, 4) is 0 Å². The normalized spacial score (nSPS) is 10.3. The van der Waals surface area contributed by atoms with Crippen LogP contribution in [0.2, 0.25) is 0 Å². The predicted octanol–water partition coefficient (Wildman–Crippen LogP) is 2.56. The molecule has 0 spiro atoms. The summed E-state index contributed by atoms with van der Waals surface area (Å²) in [6, 6.07) is 0. The van der Waals surface area contributed by atoms with Gasteiger partial charge in [-0.3, -0.25) is 0 Å². The largest absolute Gasteiger partial charge is 0.349 e. The molecule has 0 saturated heterocycles. The first-order chi connectivity index (χ1) is 4.79. The van der Waals surface area contributed by atoms with Crippen molar-refractivity contribution in [2.24, 2.45) is 0 Å². The summed E-state index contributed by atoms with van der Waals surface area (Å²) in [7, 11) is 0. The Morgan fingerprint density at radius 2 is 2.10 bits per heavy atom. The third-order valence-corrected chi connectivity index (χ3v) is 2.13. The van der Waals surface area contributed by atoms with E-state index in [1.54, 1.807) is 0 Å². The van der Waals surface area contributed by atoms with Crippen molar-refractivity contribution in [1.29, 1.82) is 0 Å². The zero-order valence-corrected chi connectivity index (χ0v) is 7.73. The number of rotatable bonds is 2. The van der Waals surface area contributed by atoms with Crippen LogP contribution in [-0.4, -0.2) is 5.16 Å². The fourth-order valence-corrected chi connectivity index (χ4v) is 1.52. The lowest BCUT2D eigenvalue weighted by Crippen LogP contribution is -1.86. The Balaban J connectivity index is 3.01. The van der Waals surface area contributed by atoms with E-state index < -0.39 is 0 Å². The van der Waals surface area contributed by atoms with Gasteiger partial charge < -0.3 is 4.52 Å². The highest BCUT2D eigenvalue weighted by Gasteiger charge is 2.08. The Hall–Kier alpha value is -0.310. The number of halogens is 1. The molecule has 10 heavy (non-hydrogen) atoms. The van der Waals surface area contributed by atoms with Crippen molar-refractivity contribution >= 4 is 15.9 Å². The molecule has 0 unspecified atom stereocenters. The maximum Gasteiger partial charge on any atom is 0.205 e. The molecule has 0 N–H and O–H groups in total. The van der Waals surface area contributed by atoms with E-state index in [0.29, 0.717) is 0 Å². The van der Waals surface area contributed by atoms with E-state index in [2.05, 4.69) is 34.9 Å². The van der Waals surface area contributed by atoms with Crippen molar-refractivity contribution in [1.82, 2.24) is 5.16 Å². The van der Waals surface area contributed by atoms with Gasteiger partial charge in [-0.1, -0.05) is 19.0 Å². The molecule has 0 radical (unpaired) electrons. The second-order valence-electron chi connectivity index (χ2n) is 2.09. The zero-order valence-electron chi connectivity index (χ0n) is 6.15. The Kier molecular flexibility index (Phi) is 2.49. The van der Waals surface area contributed by atoms with Crippen LogP contribution in [0.25, 0.3) is 0 Å². The molecule has 1 aromatic heterocycles. The molecule has 0 saturated carbocycles. The Morgan fingerprint density at radius 3 is 2.50 bits per heavy atom. The first kappa shape index (κ1) is 7.79. The van der Waals surface area contributed by atoms with Crippen LogP contribution in [0.4, 0.5) is 0 Å². The first-order valence-electron chi connectivity index (χ1n) is 3.42. The van der Waals surface area contributed by atoms with E-state index in [1.165, 1.54) is 5.56 Å². The number of hydrogen-bond donors (Lipinski definition) is 0. The minimum atomic E-state index is 0.784. The van der Waals surface area contributed by atoms with Gasteiger partial charge >= 0.3 is 0 Å². The van der Waals surface area contributed by atoms with Gasteiger partial charge in [0.05, 0.1) is 5.69 Å². The Labute approximate surface area is 68.7 Å². The number of nitrogens with zero attached hydrogens (tertiary/aromatic N) is 1. The van der Waals surface area contributed by atoms with Gasteiger partial charge in [0, 0.05) is 5.56 Å². The van der Waals surface area contributed by atoms with Gasteiger partial charge in [0.25, 0.3) is 0 Å². The highest BCUT2D eigenvalue weighted by atomic mass is 79.9. The fraction of sp³-hybridized carbons (Fsp3) is 0.571. The molecule has 2 nitrogen and oxygen atoms in total. The molecule has 0 fully saturated rings. The molecule has 0 aliphatic carbocycles. The van der Waals surface area contributed by atoms with Crippen LogP contribution in [0.5, 0.6) is 0 Å². The zero-order chi connectivity index (χ0) is 7.56. The molecule has 0 amide bonds. The van der Waals surface area contributed by atoms with E-state index in [1.807, 2.05) is 0 Å². The van der Waals surface area contributed by atoms with Gasteiger partial charge in [-0.25, -0.2) is 0 Å². The molecule has 0 atom stereocenters. The average Bonchev–Trinajstić information content (AvgIpc) is 2.30. The maximum atomic E-state index is 4.94. The smallest absolute Gasteiger partial charge is 0.205 e. The van der Waals surface area contributed by atoms with Gasteiger partial charge in [0.2, 0.25) is 4.67 Å². The van der Waals surface area contributed by atoms with Gasteiger partial charge in [-0.05, 0) is 28.8 Å². The minimum Gasteiger partial charge on any atom is -0.349 e. The third-order valence-electron chi connectivity index (χ3n) is 1.51. The second-order valence-corrected chi connectivity index (χ2v) is 2.81. The summed E-state index contributed by atoms with van der Waals surface area (Å²) in [6.45, 7) is 4.17. The number of aromatic nitrogens is 1. The number of aryl methyl sites for hydroxylation is 1. The van der Waals surface area contributed by atoms with E-state index in [-0.39, 0.29) is 0 Å². The molecule has 1 heterocycles. The van der Waals surface area contributed by atoms with E-state index in [0.717, 1.165) is 23.2 Å². The summed E-state index contributed by atoms with van der Waals surface area (Å²) < 4.78 is 5.73. The van der Waals surface area contributed by atoms with Crippen LogP contribution in [0, 0.1) is 0 Å². The molecular formula is C7H10BrNO. The SMILES string of the molecule is CCc1noc(Br)c1CC. The van der Waals surface area contributed by atoms with Gasteiger partial charge in [0.15, 0.2) is 0 Å². The monoisotopic (exact) mass is 203 g/mol. The van der Waals surface area contributed by atoms with Crippen LogP contribution in [0.3, 0.4) is 0 Å². The molecular weight excluding hydrogens is 194 g/mol. The highest BCUT2D eigenvalue weighted by molar-refractivity contribution is 9.10. The Morgan fingerprint density at radius 1 is 1.40 bits per heavy atom. The van der Waals surface area contributed by atoms with Crippen LogP contribution in [-0.2, 0) is 12.8 Å². The summed E-state index contributed by atoms with van der Waals surface area (Å²) in [5.74, 6) is 0. The third kappa shape index (κ3) is 1.24. The summed E-state index contributed by atoms with van der Waals surface area (Å²) in [4.78, 5) is 0. The van der Waals surface area contributed by atoms with Crippen molar-refractivity contribution in [2.45, 2.75) is 26.7 Å². The second kappa shape index (κ2) is 3.19. The van der Waals surface area contributed by atoms with Crippen LogP contribution < -0.4 is 0 Å². The summed E-state index contributed by atoms with van der Waals surface area (Å²) >= 11 is 3.29. The molecule has 0 aliphatic rings. The molecule has 1 aromatic rings. The molecule has 3 heteroatoms. The van der Waals surface area contributed by atoms with Gasteiger partial charge in [0.1, 0.15) is 0 Å². The summed E-state index contributed by atoms with van der Waals surface area (Å²) in [5.41, 5.74) is 2.26. The van der Waals surface area contributed by atoms with Crippen molar-refractivity contribution in [3.63, 3.8) is 0 Å². The van der Waals surface area contributed by atoms with E-state index in [4.69, 9.17) is 4.52 Å². The predicted molar refractivity (Wildman–Crippen MR) is 43.0 cm³/mol. The van der Waals surface area contributed by atoms with Crippen molar-refractivity contribution in [3.05, 3.63) is 15.9 Å². The molecule has 56 valence electrons. The fourth-order valence-electron chi connectivity index (χ4n) is 0.940. The van der Waals surface area contributed by atoms with Crippen LogP contribution >= 0.6 is 15.9 Å². The van der Waals surface area contributed by atoms with E-state index in [9.17, 15) is 0 Å². The van der Waals surface area contributed by atoms with E-state index >= 15 is 0 Å². The molecule has 0 aliphatic heterocycles. The summed E-state index contributed by atoms with van der Waals surface area (Å²) in [5, 5.41) is 3.88. The minimum absolute atomic E-state index is 0.784.